The van der Waals surface area contributed by atoms with Crippen molar-refractivity contribution in [2.45, 2.75) is 37.8 Å². The summed E-state index contributed by atoms with van der Waals surface area (Å²) in [5.74, 6) is 1.09. The molecule has 4 heteroatoms. The molecule has 1 amide bonds. The second-order valence-corrected chi connectivity index (χ2v) is 5.14. The molecule has 14 heavy (non-hydrogen) atoms. The summed E-state index contributed by atoms with van der Waals surface area (Å²) in [4.78, 5) is 13.8. The van der Waals surface area contributed by atoms with Crippen LogP contribution in [-0.4, -0.2) is 41.4 Å². The van der Waals surface area contributed by atoms with Gasteiger partial charge in [0.15, 0.2) is 0 Å². The van der Waals surface area contributed by atoms with Crippen molar-refractivity contribution in [3.8, 4) is 0 Å². The van der Waals surface area contributed by atoms with Gasteiger partial charge < -0.3 is 10.6 Å². The van der Waals surface area contributed by atoms with E-state index >= 15 is 0 Å². The van der Waals surface area contributed by atoms with Crippen LogP contribution in [-0.2, 0) is 4.79 Å². The maximum Gasteiger partial charge on any atom is 0.242 e. The van der Waals surface area contributed by atoms with Crippen LogP contribution in [0.3, 0.4) is 0 Å². The van der Waals surface area contributed by atoms with E-state index in [1.807, 2.05) is 7.05 Å². The maximum absolute atomic E-state index is 12.0. The van der Waals surface area contributed by atoms with Gasteiger partial charge in [-0.1, -0.05) is 0 Å². The number of amides is 1. The average Bonchev–Trinajstić information content (AvgIpc) is 2.12. The Bertz CT molecular complexity index is 216. The summed E-state index contributed by atoms with van der Waals surface area (Å²) in [7, 11) is 1.86. The van der Waals surface area contributed by atoms with Crippen molar-refractivity contribution in [2.75, 3.05) is 19.1 Å². The number of thioether (sulfide) groups is 1. The van der Waals surface area contributed by atoms with E-state index in [1.165, 1.54) is 0 Å². The molecule has 0 aromatic carbocycles. The highest BCUT2D eigenvalue weighted by atomic mass is 32.2. The molecule has 2 N–H and O–H groups in total. The predicted molar refractivity (Wildman–Crippen MR) is 61.4 cm³/mol. The highest BCUT2D eigenvalue weighted by molar-refractivity contribution is 7.98. The number of hydrogen-bond donors (Lipinski definition) is 1. The minimum Gasteiger partial charge on any atom is -0.341 e. The first-order valence-electron chi connectivity index (χ1n) is 5.06. The van der Waals surface area contributed by atoms with Gasteiger partial charge in [-0.05, 0) is 32.4 Å². The van der Waals surface area contributed by atoms with E-state index < -0.39 is 5.54 Å². The minimum atomic E-state index is -0.540. The summed E-state index contributed by atoms with van der Waals surface area (Å²) >= 11 is 1.76. The average molecular weight is 216 g/mol. The van der Waals surface area contributed by atoms with Crippen molar-refractivity contribution >= 4 is 17.7 Å². The van der Waals surface area contributed by atoms with Gasteiger partial charge in [0, 0.05) is 18.8 Å². The van der Waals surface area contributed by atoms with E-state index in [4.69, 9.17) is 5.73 Å². The topological polar surface area (TPSA) is 46.3 Å². The van der Waals surface area contributed by atoms with Crippen LogP contribution >= 0.6 is 11.8 Å². The number of hydrogen-bond acceptors (Lipinski definition) is 3. The molecule has 0 aromatic heterocycles. The fourth-order valence-electron chi connectivity index (χ4n) is 1.68. The minimum absolute atomic E-state index is 0.116. The zero-order valence-corrected chi connectivity index (χ0v) is 10.1. The highest BCUT2D eigenvalue weighted by Crippen LogP contribution is 2.31. The fourth-order valence-corrected chi connectivity index (χ4v) is 2.38. The van der Waals surface area contributed by atoms with Crippen LogP contribution < -0.4 is 5.73 Å². The standard InChI is InChI=1S/C10H20N2OS/c1-8(7-14-3)12(2)9(13)10(11)5-4-6-10/h8H,4-7,11H2,1-3H3. The van der Waals surface area contributed by atoms with Gasteiger partial charge in [0.05, 0.1) is 5.54 Å². The number of carbonyl (C=O) groups is 1. The Morgan fingerprint density at radius 3 is 2.57 bits per heavy atom. The first-order valence-corrected chi connectivity index (χ1v) is 6.46. The zero-order chi connectivity index (χ0) is 10.8. The molecule has 1 aliphatic carbocycles. The van der Waals surface area contributed by atoms with Gasteiger partial charge in [0.2, 0.25) is 5.91 Å². The Kier molecular flexibility index (Phi) is 3.84. The molecule has 1 aliphatic rings. The third-order valence-corrected chi connectivity index (χ3v) is 3.88. The smallest absolute Gasteiger partial charge is 0.242 e. The van der Waals surface area contributed by atoms with E-state index in [2.05, 4.69) is 13.2 Å². The quantitative estimate of drug-likeness (QED) is 0.765. The largest absolute Gasteiger partial charge is 0.341 e. The van der Waals surface area contributed by atoms with Crippen molar-refractivity contribution in [1.29, 1.82) is 0 Å². The van der Waals surface area contributed by atoms with Crippen LogP contribution in [0, 0.1) is 0 Å². The lowest BCUT2D eigenvalue weighted by atomic mass is 9.76. The van der Waals surface area contributed by atoms with E-state index in [0.717, 1.165) is 25.0 Å². The number of rotatable bonds is 4. The van der Waals surface area contributed by atoms with Gasteiger partial charge in [-0.25, -0.2) is 0 Å². The summed E-state index contributed by atoms with van der Waals surface area (Å²) < 4.78 is 0. The van der Waals surface area contributed by atoms with Gasteiger partial charge in [-0.15, -0.1) is 0 Å². The molecule has 3 nitrogen and oxygen atoms in total. The Hall–Kier alpha value is -0.220. The monoisotopic (exact) mass is 216 g/mol. The van der Waals surface area contributed by atoms with E-state index in [-0.39, 0.29) is 11.9 Å². The normalized spacial score (nSPS) is 21.1. The molecule has 0 bridgehead atoms. The first-order chi connectivity index (χ1) is 6.51. The van der Waals surface area contributed by atoms with Gasteiger partial charge in [-0.2, -0.15) is 11.8 Å². The molecule has 1 atom stereocenters. The van der Waals surface area contributed by atoms with Crippen molar-refractivity contribution in [3.05, 3.63) is 0 Å². The van der Waals surface area contributed by atoms with Gasteiger partial charge >= 0.3 is 0 Å². The molecule has 1 saturated carbocycles. The molecule has 0 radical (unpaired) electrons. The van der Waals surface area contributed by atoms with Crippen LogP contribution in [0.5, 0.6) is 0 Å². The Morgan fingerprint density at radius 1 is 1.64 bits per heavy atom. The lowest BCUT2D eigenvalue weighted by Crippen LogP contribution is -2.60. The first kappa shape index (κ1) is 11.9. The van der Waals surface area contributed by atoms with Crippen molar-refractivity contribution < 1.29 is 4.79 Å². The Labute approximate surface area is 90.4 Å². The molecular weight excluding hydrogens is 196 g/mol. The summed E-state index contributed by atoms with van der Waals surface area (Å²) in [6.45, 7) is 2.07. The van der Waals surface area contributed by atoms with Crippen LogP contribution in [0.4, 0.5) is 0 Å². The molecule has 0 heterocycles. The SMILES string of the molecule is CSCC(C)N(C)C(=O)C1(N)CCC1. The Balaban J connectivity index is 2.51. The molecule has 82 valence electrons. The lowest BCUT2D eigenvalue weighted by Gasteiger charge is -2.40. The highest BCUT2D eigenvalue weighted by Gasteiger charge is 2.42. The van der Waals surface area contributed by atoms with Crippen molar-refractivity contribution in [2.24, 2.45) is 5.73 Å². The second-order valence-electron chi connectivity index (χ2n) is 4.23. The number of nitrogens with zero attached hydrogens (tertiary/aromatic N) is 1. The van der Waals surface area contributed by atoms with Crippen LogP contribution in [0.2, 0.25) is 0 Å². The number of likely N-dealkylation sites (N-methyl/N-ethyl adjacent to an activating group) is 1. The van der Waals surface area contributed by atoms with Gasteiger partial charge in [0.25, 0.3) is 0 Å². The predicted octanol–water partition coefficient (Wildman–Crippen LogP) is 1.08. The van der Waals surface area contributed by atoms with Gasteiger partial charge in [0.1, 0.15) is 0 Å². The molecule has 1 fully saturated rings. The zero-order valence-electron chi connectivity index (χ0n) is 9.25. The summed E-state index contributed by atoms with van der Waals surface area (Å²) in [6, 6.07) is 0.276. The molecule has 0 saturated heterocycles. The number of nitrogens with two attached hydrogens (primary N) is 1. The van der Waals surface area contributed by atoms with E-state index in [1.54, 1.807) is 16.7 Å². The van der Waals surface area contributed by atoms with E-state index in [0.29, 0.717) is 0 Å². The summed E-state index contributed by atoms with van der Waals surface area (Å²) in [5.41, 5.74) is 5.44. The van der Waals surface area contributed by atoms with E-state index in [9.17, 15) is 4.79 Å². The molecule has 0 aliphatic heterocycles. The van der Waals surface area contributed by atoms with Crippen LogP contribution in [0.15, 0.2) is 0 Å². The van der Waals surface area contributed by atoms with Crippen molar-refractivity contribution in [1.82, 2.24) is 4.90 Å². The molecule has 1 unspecified atom stereocenters. The van der Waals surface area contributed by atoms with Gasteiger partial charge in [-0.3, -0.25) is 4.79 Å². The summed E-state index contributed by atoms with van der Waals surface area (Å²) in [6.07, 6.45) is 4.84. The third-order valence-electron chi connectivity index (χ3n) is 3.06. The Morgan fingerprint density at radius 2 is 2.21 bits per heavy atom. The molecule has 0 aromatic rings. The van der Waals surface area contributed by atoms with Crippen molar-refractivity contribution in [3.63, 3.8) is 0 Å². The maximum atomic E-state index is 12.0. The number of carbonyl (C=O) groups excluding carboxylic acids is 1. The second kappa shape index (κ2) is 4.53. The fraction of sp³-hybridized carbons (Fsp3) is 0.900. The van der Waals surface area contributed by atoms with Crippen LogP contribution in [0.25, 0.3) is 0 Å². The summed E-state index contributed by atoms with van der Waals surface area (Å²) in [5, 5.41) is 0. The molecule has 0 spiro atoms. The third kappa shape index (κ3) is 2.23. The van der Waals surface area contributed by atoms with Crippen LogP contribution in [0.1, 0.15) is 26.2 Å². The lowest BCUT2D eigenvalue weighted by molar-refractivity contribution is -0.140. The molecular formula is C10H20N2OS. The molecule has 1 rings (SSSR count).